The van der Waals surface area contributed by atoms with Crippen molar-refractivity contribution in [3.05, 3.63) is 64.7 Å². The molecule has 1 amide bonds. The van der Waals surface area contributed by atoms with E-state index in [0.29, 0.717) is 10.6 Å². The third-order valence-corrected chi connectivity index (χ3v) is 6.72. The quantitative estimate of drug-likeness (QED) is 0.603. The minimum Gasteiger partial charge on any atom is -0.316 e. The number of benzene rings is 2. The number of anilines is 1. The normalized spacial score (nSPS) is 21.0. The first kappa shape index (κ1) is 19.5. The van der Waals surface area contributed by atoms with Gasteiger partial charge in [-0.15, -0.1) is 0 Å². The van der Waals surface area contributed by atoms with Gasteiger partial charge in [-0.05, 0) is 74.9 Å². The van der Waals surface area contributed by atoms with Crippen LogP contribution in [0, 0.1) is 5.92 Å². The maximum atomic E-state index is 13.3. The first-order valence-corrected chi connectivity index (χ1v) is 10.9. The molecule has 1 N–H and O–H groups in total. The van der Waals surface area contributed by atoms with Crippen molar-refractivity contribution in [1.29, 1.82) is 0 Å². The average Bonchev–Trinajstić information content (AvgIpc) is 3.49. The number of fused-ring (bicyclic) bond motifs is 1. The fourth-order valence-electron chi connectivity index (χ4n) is 4.46. The molecule has 1 atom stereocenters. The summed E-state index contributed by atoms with van der Waals surface area (Å²) < 4.78 is 0. The number of nitrogens with one attached hydrogen (secondary N) is 1. The van der Waals surface area contributed by atoms with E-state index in [2.05, 4.69) is 30.4 Å². The minimum absolute atomic E-state index is 0.000216. The molecule has 28 heavy (non-hydrogen) atoms. The summed E-state index contributed by atoms with van der Waals surface area (Å²) in [5.74, 6) is 0.913. The molecule has 4 rings (SSSR count). The maximum Gasteiger partial charge on any atom is 0.259 e. The zero-order valence-corrected chi connectivity index (χ0v) is 17.3. The van der Waals surface area contributed by atoms with Crippen LogP contribution in [-0.2, 0) is 5.41 Å². The number of carbonyl (C=O) groups excluding carboxylic acids is 1. The van der Waals surface area contributed by atoms with Crippen LogP contribution >= 0.6 is 11.6 Å². The number of halogens is 1. The van der Waals surface area contributed by atoms with Crippen molar-refractivity contribution in [3.63, 3.8) is 0 Å². The molecule has 0 radical (unpaired) electrons. The third kappa shape index (κ3) is 3.83. The summed E-state index contributed by atoms with van der Waals surface area (Å²) in [4.78, 5) is 15.3. The van der Waals surface area contributed by atoms with Crippen molar-refractivity contribution >= 4 is 23.2 Å². The summed E-state index contributed by atoms with van der Waals surface area (Å²) in [5.41, 5.74) is 2.95. The Labute approximate surface area is 173 Å². The molecule has 4 heteroatoms. The molecule has 2 aromatic carbocycles. The summed E-state index contributed by atoms with van der Waals surface area (Å²) >= 11 is 6.32. The summed E-state index contributed by atoms with van der Waals surface area (Å²) in [6, 6.07) is 15.7. The molecule has 1 saturated carbocycles. The zero-order chi connectivity index (χ0) is 19.6. The number of nitrogens with zero attached hydrogens (tertiary/aromatic N) is 1. The fraction of sp³-hybridized carbons (Fsp3) is 0.458. The van der Waals surface area contributed by atoms with E-state index in [0.717, 1.165) is 50.5 Å². The topological polar surface area (TPSA) is 32.3 Å². The van der Waals surface area contributed by atoms with E-state index in [4.69, 9.17) is 11.6 Å². The van der Waals surface area contributed by atoms with Gasteiger partial charge >= 0.3 is 0 Å². The average molecular weight is 397 g/mol. The number of hydrogen-bond donors (Lipinski definition) is 1. The van der Waals surface area contributed by atoms with Crippen molar-refractivity contribution in [2.45, 2.75) is 44.4 Å². The highest BCUT2D eigenvalue weighted by molar-refractivity contribution is 6.34. The zero-order valence-electron chi connectivity index (χ0n) is 16.6. The van der Waals surface area contributed by atoms with E-state index in [9.17, 15) is 4.79 Å². The molecule has 3 nitrogen and oxygen atoms in total. The lowest BCUT2D eigenvalue weighted by Gasteiger charge is -2.29. The summed E-state index contributed by atoms with van der Waals surface area (Å²) in [6.07, 6.45) is 6.02. The standard InChI is InChI=1S/C24H29ClN2O/c1-2-24(14-7-15-26-16-18-12-13-18)17-27(22-11-6-4-9-20(22)24)23(28)19-8-3-5-10-21(19)25/h3-6,8-11,18,26H,2,7,12-17H2,1H3. The molecule has 0 aromatic heterocycles. The molecule has 2 aromatic rings. The predicted octanol–water partition coefficient (Wildman–Crippen LogP) is 5.43. The maximum absolute atomic E-state index is 13.3. The first-order valence-electron chi connectivity index (χ1n) is 10.5. The first-order chi connectivity index (χ1) is 13.6. The fourth-order valence-corrected chi connectivity index (χ4v) is 4.68. The summed E-state index contributed by atoms with van der Waals surface area (Å²) in [7, 11) is 0. The SMILES string of the molecule is CCC1(CCCNCC2CC2)CN(C(=O)c2ccccc2Cl)c2ccccc21. The summed E-state index contributed by atoms with van der Waals surface area (Å²) in [6.45, 7) is 5.19. The van der Waals surface area contributed by atoms with E-state index in [1.165, 1.54) is 18.4 Å². The van der Waals surface area contributed by atoms with Crippen molar-refractivity contribution < 1.29 is 4.79 Å². The number of rotatable bonds is 8. The highest BCUT2D eigenvalue weighted by Gasteiger charge is 2.43. The Morgan fingerprint density at radius 1 is 1.18 bits per heavy atom. The van der Waals surface area contributed by atoms with E-state index in [1.807, 2.05) is 29.2 Å². The lowest BCUT2D eigenvalue weighted by atomic mass is 9.76. The van der Waals surface area contributed by atoms with Crippen LogP contribution in [0.3, 0.4) is 0 Å². The molecule has 2 aliphatic rings. The van der Waals surface area contributed by atoms with Crippen LogP contribution in [0.1, 0.15) is 54.9 Å². The smallest absolute Gasteiger partial charge is 0.259 e. The van der Waals surface area contributed by atoms with Gasteiger partial charge in [0, 0.05) is 17.6 Å². The van der Waals surface area contributed by atoms with Gasteiger partial charge in [-0.3, -0.25) is 4.79 Å². The Morgan fingerprint density at radius 3 is 2.68 bits per heavy atom. The van der Waals surface area contributed by atoms with Crippen LogP contribution in [0.4, 0.5) is 5.69 Å². The van der Waals surface area contributed by atoms with Crippen LogP contribution in [0.25, 0.3) is 0 Å². The van der Waals surface area contributed by atoms with Gasteiger partial charge in [0.2, 0.25) is 0 Å². The molecular formula is C24H29ClN2O. The lowest BCUT2D eigenvalue weighted by molar-refractivity contribution is 0.0984. The van der Waals surface area contributed by atoms with Crippen molar-refractivity contribution in [2.24, 2.45) is 5.92 Å². The van der Waals surface area contributed by atoms with Gasteiger partial charge in [0.25, 0.3) is 5.91 Å². The highest BCUT2D eigenvalue weighted by atomic mass is 35.5. The van der Waals surface area contributed by atoms with Crippen molar-refractivity contribution in [2.75, 3.05) is 24.5 Å². The number of hydrogen-bond acceptors (Lipinski definition) is 2. The Balaban J connectivity index is 1.53. The molecular weight excluding hydrogens is 368 g/mol. The van der Waals surface area contributed by atoms with Crippen LogP contribution in [0.5, 0.6) is 0 Å². The van der Waals surface area contributed by atoms with Gasteiger partial charge in [-0.1, -0.05) is 48.9 Å². The van der Waals surface area contributed by atoms with E-state index < -0.39 is 0 Å². The molecule has 1 heterocycles. The molecule has 0 saturated heterocycles. The van der Waals surface area contributed by atoms with Gasteiger partial charge in [0.05, 0.1) is 10.6 Å². The van der Waals surface area contributed by atoms with Crippen LogP contribution in [0.2, 0.25) is 5.02 Å². The van der Waals surface area contributed by atoms with Gasteiger partial charge < -0.3 is 10.2 Å². The summed E-state index contributed by atoms with van der Waals surface area (Å²) in [5, 5.41) is 4.12. The predicted molar refractivity (Wildman–Crippen MR) is 116 cm³/mol. The molecule has 1 unspecified atom stereocenters. The molecule has 1 fully saturated rings. The minimum atomic E-state index is 0.000216. The molecule has 0 bridgehead atoms. The monoisotopic (exact) mass is 396 g/mol. The van der Waals surface area contributed by atoms with Gasteiger partial charge in [-0.2, -0.15) is 0 Å². The van der Waals surface area contributed by atoms with Crippen molar-refractivity contribution in [3.8, 4) is 0 Å². The number of amides is 1. The van der Waals surface area contributed by atoms with Crippen molar-refractivity contribution in [1.82, 2.24) is 5.32 Å². The van der Waals surface area contributed by atoms with E-state index in [-0.39, 0.29) is 11.3 Å². The largest absolute Gasteiger partial charge is 0.316 e. The van der Waals surface area contributed by atoms with Gasteiger partial charge in [-0.25, -0.2) is 0 Å². The number of para-hydroxylation sites is 1. The molecule has 1 aliphatic heterocycles. The number of carbonyl (C=O) groups is 1. The molecule has 148 valence electrons. The second kappa shape index (κ2) is 8.26. The van der Waals surface area contributed by atoms with E-state index in [1.54, 1.807) is 6.07 Å². The van der Waals surface area contributed by atoms with Crippen LogP contribution < -0.4 is 10.2 Å². The Morgan fingerprint density at radius 2 is 1.93 bits per heavy atom. The molecule has 1 aliphatic carbocycles. The van der Waals surface area contributed by atoms with Gasteiger partial charge in [0.15, 0.2) is 0 Å². The van der Waals surface area contributed by atoms with Gasteiger partial charge in [0.1, 0.15) is 0 Å². The third-order valence-electron chi connectivity index (χ3n) is 6.39. The van der Waals surface area contributed by atoms with Crippen LogP contribution in [-0.4, -0.2) is 25.5 Å². The van der Waals surface area contributed by atoms with E-state index >= 15 is 0 Å². The van der Waals surface area contributed by atoms with Crippen LogP contribution in [0.15, 0.2) is 48.5 Å². The molecule has 0 spiro atoms. The highest BCUT2D eigenvalue weighted by Crippen LogP contribution is 2.46. The Hall–Kier alpha value is -1.84. The lowest BCUT2D eigenvalue weighted by Crippen LogP contribution is -2.37. The Bertz CT molecular complexity index is 848. The second-order valence-electron chi connectivity index (χ2n) is 8.27. The second-order valence-corrected chi connectivity index (χ2v) is 8.68. The Kier molecular flexibility index (Phi) is 5.75.